The molecule has 0 aliphatic rings. The van der Waals surface area contributed by atoms with Gasteiger partial charge in [-0.1, -0.05) is 0 Å². The van der Waals surface area contributed by atoms with Crippen molar-refractivity contribution in [3.05, 3.63) is 59.3 Å². The zero-order valence-electron chi connectivity index (χ0n) is 13.4. The van der Waals surface area contributed by atoms with Gasteiger partial charge in [-0.3, -0.25) is 0 Å². The van der Waals surface area contributed by atoms with Crippen molar-refractivity contribution in [3.8, 4) is 11.3 Å². The van der Waals surface area contributed by atoms with Crippen LogP contribution in [-0.2, 0) is 7.05 Å². The Kier molecular flexibility index (Phi) is 3.29. The van der Waals surface area contributed by atoms with Crippen molar-refractivity contribution in [1.82, 2.24) is 4.98 Å². The van der Waals surface area contributed by atoms with Crippen molar-refractivity contribution in [2.75, 3.05) is 0 Å². The second kappa shape index (κ2) is 5.40. The number of rotatable bonds is 1. The molecular formula is C20H15N2Se2+. The van der Waals surface area contributed by atoms with Crippen molar-refractivity contribution < 1.29 is 4.57 Å². The third-order valence-corrected chi connectivity index (χ3v) is 9.66. The predicted molar refractivity (Wildman–Crippen MR) is 102 cm³/mol. The Bertz CT molecular complexity index is 1230. The number of nitrogens with zero attached hydrogens (tertiary/aromatic N) is 2. The van der Waals surface area contributed by atoms with Gasteiger partial charge in [0.1, 0.15) is 0 Å². The number of hydrogen-bond donors (Lipinski definition) is 0. The Hall–Kier alpha value is -1.70. The monoisotopic (exact) mass is 443 g/mol. The van der Waals surface area contributed by atoms with E-state index in [-0.39, 0.29) is 0 Å². The fourth-order valence-corrected chi connectivity index (χ4v) is 9.26. The summed E-state index contributed by atoms with van der Waals surface area (Å²) in [6.45, 7) is 2.25. The molecule has 0 aliphatic heterocycles. The van der Waals surface area contributed by atoms with Gasteiger partial charge in [0.15, 0.2) is 0 Å². The molecule has 0 fully saturated rings. The van der Waals surface area contributed by atoms with Crippen LogP contribution in [0, 0.1) is 6.92 Å². The fourth-order valence-electron chi connectivity index (χ4n) is 3.45. The molecule has 0 amide bonds. The first kappa shape index (κ1) is 14.6. The van der Waals surface area contributed by atoms with E-state index >= 15 is 0 Å². The van der Waals surface area contributed by atoms with E-state index in [1.807, 2.05) is 6.33 Å². The number of fused-ring (bicyclic) bond motifs is 4. The van der Waals surface area contributed by atoms with Gasteiger partial charge in [-0.05, 0) is 0 Å². The van der Waals surface area contributed by atoms with Gasteiger partial charge in [0, 0.05) is 0 Å². The zero-order valence-corrected chi connectivity index (χ0v) is 16.8. The van der Waals surface area contributed by atoms with Gasteiger partial charge >= 0.3 is 152 Å². The molecule has 0 atom stereocenters. The van der Waals surface area contributed by atoms with Crippen molar-refractivity contribution in [2.24, 2.45) is 7.05 Å². The quantitative estimate of drug-likeness (QED) is 0.288. The van der Waals surface area contributed by atoms with Crippen LogP contribution in [0.5, 0.6) is 0 Å². The number of aromatic nitrogens is 2. The Morgan fingerprint density at radius 1 is 1.00 bits per heavy atom. The molecular weight excluding hydrogens is 426 g/mol. The minimum absolute atomic E-state index is 0.374. The summed E-state index contributed by atoms with van der Waals surface area (Å²) >= 11 is 0.837. The third-order valence-electron chi connectivity index (χ3n) is 4.65. The molecule has 2 aromatic carbocycles. The van der Waals surface area contributed by atoms with Gasteiger partial charge in [-0.15, -0.1) is 0 Å². The summed E-state index contributed by atoms with van der Waals surface area (Å²) in [4.78, 5) is 7.11. The van der Waals surface area contributed by atoms with Crippen LogP contribution in [0.15, 0.2) is 53.7 Å². The molecule has 0 saturated carbocycles. The van der Waals surface area contributed by atoms with E-state index < -0.39 is 0 Å². The van der Waals surface area contributed by atoms with Gasteiger partial charge < -0.3 is 0 Å². The molecule has 24 heavy (non-hydrogen) atoms. The maximum absolute atomic E-state index is 4.78. The number of benzene rings is 2. The molecule has 116 valence electrons. The van der Waals surface area contributed by atoms with E-state index in [0.29, 0.717) is 29.0 Å². The molecule has 0 radical (unpaired) electrons. The molecule has 0 aliphatic carbocycles. The number of aryl methyl sites for hydroxylation is 2. The Balaban J connectivity index is 1.92. The number of hydrogen-bond acceptors (Lipinski definition) is 1. The Morgan fingerprint density at radius 3 is 2.79 bits per heavy atom. The Morgan fingerprint density at radius 2 is 1.88 bits per heavy atom. The second-order valence-electron chi connectivity index (χ2n) is 6.06. The zero-order chi connectivity index (χ0) is 16.3. The topological polar surface area (TPSA) is 16.8 Å². The van der Waals surface area contributed by atoms with E-state index in [9.17, 15) is 0 Å². The van der Waals surface area contributed by atoms with Crippen LogP contribution in [0.25, 0.3) is 40.3 Å². The average molecular weight is 441 g/mol. The average Bonchev–Trinajstić information content (AvgIpc) is 3.17. The van der Waals surface area contributed by atoms with Crippen LogP contribution in [0.4, 0.5) is 0 Å². The standard InChI is InChI=1S/C20H15N2Se2/c1-12-14-6-4-3-5-13(14)7-8-15(12)18-20-17(21-11-22(18)2)19-16(24-20)9-10-23-19/h3-11H,1-2H3/q+1. The summed E-state index contributed by atoms with van der Waals surface area (Å²) in [7, 11) is 2.12. The molecule has 0 N–H and O–H groups in total. The predicted octanol–water partition coefficient (Wildman–Crippen LogP) is 3.46. The van der Waals surface area contributed by atoms with Crippen LogP contribution in [0.2, 0.25) is 0 Å². The van der Waals surface area contributed by atoms with Crippen molar-refractivity contribution in [2.45, 2.75) is 6.92 Å². The van der Waals surface area contributed by atoms with E-state index in [1.54, 1.807) is 0 Å². The summed E-state index contributed by atoms with van der Waals surface area (Å²) in [5.74, 6) is 0. The van der Waals surface area contributed by atoms with Crippen LogP contribution in [0.1, 0.15) is 5.56 Å². The third kappa shape index (κ3) is 2.01. The molecule has 0 unspecified atom stereocenters. The van der Waals surface area contributed by atoms with Crippen molar-refractivity contribution in [1.29, 1.82) is 0 Å². The molecule has 5 aromatic rings. The SMILES string of the molecule is Cc1c(-c2c3[se]c4cc[se]c4c3nc[n+]2C)ccc2ccccc12. The second-order valence-corrected chi connectivity index (χ2v) is 10.2. The molecule has 0 spiro atoms. The van der Waals surface area contributed by atoms with Crippen LogP contribution < -0.4 is 4.57 Å². The first-order valence-corrected chi connectivity index (χ1v) is 11.4. The van der Waals surface area contributed by atoms with Crippen molar-refractivity contribution >= 4 is 58.1 Å². The minimum atomic E-state index is 0.374. The fraction of sp³-hybridized carbons (Fsp3) is 0.100. The normalized spacial score (nSPS) is 11.8. The summed E-state index contributed by atoms with van der Waals surface area (Å²) in [6, 6.07) is 15.5. The molecule has 0 bridgehead atoms. The van der Waals surface area contributed by atoms with E-state index in [2.05, 4.69) is 65.9 Å². The first-order chi connectivity index (χ1) is 11.7. The van der Waals surface area contributed by atoms with Gasteiger partial charge in [0.05, 0.1) is 0 Å². The molecule has 3 heterocycles. The van der Waals surface area contributed by atoms with Gasteiger partial charge in [-0.25, -0.2) is 0 Å². The summed E-state index contributed by atoms with van der Waals surface area (Å²) < 4.78 is 6.71. The summed E-state index contributed by atoms with van der Waals surface area (Å²) in [5.41, 5.74) is 5.31. The van der Waals surface area contributed by atoms with Crippen LogP contribution in [-0.4, -0.2) is 34.0 Å². The van der Waals surface area contributed by atoms with Crippen LogP contribution >= 0.6 is 0 Å². The van der Waals surface area contributed by atoms with E-state index in [0.717, 1.165) is 0 Å². The van der Waals surface area contributed by atoms with Crippen molar-refractivity contribution in [3.63, 3.8) is 0 Å². The van der Waals surface area contributed by atoms with Gasteiger partial charge in [-0.2, -0.15) is 0 Å². The maximum atomic E-state index is 4.78. The first-order valence-electron chi connectivity index (χ1n) is 7.87. The molecule has 0 saturated heterocycles. The molecule has 4 heteroatoms. The molecule has 5 rings (SSSR count). The summed E-state index contributed by atoms with van der Waals surface area (Å²) in [5, 5.41) is 2.65. The molecule has 3 aromatic heterocycles. The summed E-state index contributed by atoms with van der Waals surface area (Å²) in [6.07, 6.45) is 1.99. The van der Waals surface area contributed by atoms with Crippen LogP contribution in [0.3, 0.4) is 0 Å². The van der Waals surface area contributed by atoms with E-state index in [1.165, 1.54) is 45.9 Å². The Labute approximate surface area is 151 Å². The molecule has 2 nitrogen and oxygen atoms in total. The van der Waals surface area contributed by atoms with E-state index in [4.69, 9.17) is 4.98 Å². The van der Waals surface area contributed by atoms with Gasteiger partial charge in [0.25, 0.3) is 0 Å². The van der Waals surface area contributed by atoms with Gasteiger partial charge in [0.2, 0.25) is 0 Å².